The summed E-state index contributed by atoms with van der Waals surface area (Å²) in [5.41, 5.74) is 5.60. The van der Waals surface area contributed by atoms with E-state index in [4.69, 9.17) is 17.3 Å². The molecular formula is C13H18ClN3O2. The van der Waals surface area contributed by atoms with Crippen LogP contribution in [0.1, 0.15) is 43.2 Å². The Bertz CT molecular complexity index is 501. The van der Waals surface area contributed by atoms with E-state index in [2.05, 4.69) is 10.3 Å². The van der Waals surface area contributed by atoms with Crippen molar-refractivity contribution in [3.63, 3.8) is 0 Å². The minimum absolute atomic E-state index is 0.0676. The van der Waals surface area contributed by atoms with Gasteiger partial charge < -0.3 is 11.1 Å². The second-order valence-corrected chi connectivity index (χ2v) is 5.39. The van der Waals surface area contributed by atoms with Crippen molar-refractivity contribution in [2.24, 2.45) is 5.73 Å². The SMILES string of the molecule is CCc1cc(C(=O)NC(C)(C)CC(N)=O)cc(Cl)n1. The average Bonchev–Trinajstić information content (AvgIpc) is 2.25. The summed E-state index contributed by atoms with van der Waals surface area (Å²) in [6.07, 6.45) is 0.754. The summed E-state index contributed by atoms with van der Waals surface area (Å²) in [5.74, 6) is -0.766. The lowest BCUT2D eigenvalue weighted by Crippen LogP contribution is -2.46. The van der Waals surface area contributed by atoms with E-state index in [9.17, 15) is 9.59 Å². The standard InChI is InChI=1S/C13H18ClN3O2/c1-4-9-5-8(6-10(14)16-9)12(19)17-13(2,3)7-11(15)18/h5-6H,4,7H2,1-3H3,(H2,15,18)(H,17,19). The van der Waals surface area contributed by atoms with Gasteiger partial charge in [0.25, 0.3) is 5.91 Å². The number of nitrogens with one attached hydrogen (secondary N) is 1. The minimum Gasteiger partial charge on any atom is -0.370 e. The van der Waals surface area contributed by atoms with Crippen LogP contribution in [0.3, 0.4) is 0 Å². The van der Waals surface area contributed by atoms with Gasteiger partial charge in [0.1, 0.15) is 5.15 Å². The molecule has 0 atom stereocenters. The van der Waals surface area contributed by atoms with E-state index < -0.39 is 11.4 Å². The van der Waals surface area contributed by atoms with Gasteiger partial charge in [0.2, 0.25) is 5.91 Å². The van der Waals surface area contributed by atoms with Gasteiger partial charge in [-0.2, -0.15) is 0 Å². The zero-order valence-corrected chi connectivity index (χ0v) is 12.0. The van der Waals surface area contributed by atoms with Crippen LogP contribution < -0.4 is 11.1 Å². The Balaban J connectivity index is 2.89. The van der Waals surface area contributed by atoms with Crippen LogP contribution in [0, 0.1) is 0 Å². The molecule has 0 saturated carbocycles. The summed E-state index contributed by atoms with van der Waals surface area (Å²) in [6, 6.07) is 3.18. The lowest BCUT2D eigenvalue weighted by molar-refractivity contribution is -0.119. The topological polar surface area (TPSA) is 85.1 Å². The lowest BCUT2D eigenvalue weighted by Gasteiger charge is -2.24. The molecule has 0 saturated heterocycles. The first-order chi connectivity index (χ1) is 8.73. The number of primary amides is 1. The first kappa shape index (κ1) is 15.4. The van der Waals surface area contributed by atoms with Crippen LogP contribution in [0.25, 0.3) is 0 Å². The Hall–Kier alpha value is -1.62. The fourth-order valence-electron chi connectivity index (χ4n) is 1.72. The number of rotatable bonds is 5. The van der Waals surface area contributed by atoms with Crippen molar-refractivity contribution in [2.75, 3.05) is 0 Å². The molecule has 0 radical (unpaired) electrons. The van der Waals surface area contributed by atoms with Crippen LogP contribution in [-0.2, 0) is 11.2 Å². The molecule has 1 aromatic heterocycles. The van der Waals surface area contributed by atoms with Crippen LogP contribution in [0.2, 0.25) is 5.15 Å². The first-order valence-corrected chi connectivity index (χ1v) is 6.38. The largest absolute Gasteiger partial charge is 0.370 e. The molecule has 0 spiro atoms. The van der Waals surface area contributed by atoms with Gasteiger partial charge >= 0.3 is 0 Å². The summed E-state index contributed by atoms with van der Waals surface area (Å²) in [7, 11) is 0. The van der Waals surface area contributed by atoms with E-state index in [0.717, 1.165) is 5.69 Å². The van der Waals surface area contributed by atoms with E-state index in [1.165, 1.54) is 6.07 Å². The number of aromatic nitrogens is 1. The van der Waals surface area contributed by atoms with Gasteiger partial charge in [0.05, 0.1) is 0 Å². The molecule has 0 aromatic carbocycles. The number of carbonyl (C=O) groups excluding carboxylic acids is 2. The Labute approximate surface area is 117 Å². The van der Waals surface area contributed by atoms with Crippen LogP contribution in [0.15, 0.2) is 12.1 Å². The number of hydrogen-bond acceptors (Lipinski definition) is 3. The van der Waals surface area contributed by atoms with Crippen molar-refractivity contribution in [1.82, 2.24) is 10.3 Å². The van der Waals surface area contributed by atoms with Crippen molar-refractivity contribution >= 4 is 23.4 Å². The lowest BCUT2D eigenvalue weighted by atomic mass is 9.99. The van der Waals surface area contributed by atoms with Gasteiger partial charge in [-0.1, -0.05) is 18.5 Å². The third-order valence-electron chi connectivity index (χ3n) is 2.54. The molecule has 104 valence electrons. The highest BCUT2D eigenvalue weighted by molar-refractivity contribution is 6.29. The molecule has 0 fully saturated rings. The minimum atomic E-state index is -0.703. The summed E-state index contributed by atoms with van der Waals surface area (Å²) in [5, 5.41) is 3.03. The molecule has 0 aliphatic rings. The van der Waals surface area contributed by atoms with Crippen molar-refractivity contribution in [3.05, 3.63) is 28.5 Å². The number of hydrogen-bond donors (Lipinski definition) is 2. The molecule has 6 heteroatoms. The zero-order valence-electron chi connectivity index (χ0n) is 11.3. The molecule has 3 N–H and O–H groups in total. The molecule has 19 heavy (non-hydrogen) atoms. The molecule has 0 unspecified atom stereocenters. The molecular weight excluding hydrogens is 266 g/mol. The van der Waals surface area contributed by atoms with Gasteiger partial charge in [0.15, 0.2) is 0 Å². The van der Waals surface area contributed by atoms with Gasteiger partial charge in [-0.15, -0.1) is 0 Å². The monoisotopic (exact) mass is 283 g/mol. The maximum absolute atomic E-state index is 12.1. The number of aryl methyl sites for hydroxylation is 1. The second kappa shape index (κ2) is 6.02. The maximum atomic E-state index is 12.1. The Kier molecular flexibility index (Phi) is 4.89. The summed E-state index contributed by atoms with van der Waals surface area (Å²) < 4.78 is 0. The van der Waals surface area contributed by atoms with Crippen LogP contribution in [0.4, 0.5) is 0 Å². The summed E-state index contributed by atoms with van der Waals surface area (Å²) >= 11 is 5.86. The highest BCUT2D eigenvalue weighted by Gasteiger charge is 2.23. The van der Waals surface area contributed by atoms with Gasteiger partial charge in [-0.3, -0.25) is 9.59 Å². The fourth-order valence-corrected chi connectivity index (χ4v) is 1.95. The van der Waals surface area contributed by atoms with E-state index in [1.807, 2.05) is 6.92 Å². The average molecular weight is 284 g/mol. The Morgan fingerprint density at radius 1 is 1.42 bits per heavy atom. The van der Waals surface area contributed by atoms with Crippen LogP contribution in [-0.4, -0.2) is 22.3 Å². The van der Waals surface area contributed by atoms with Crippen LogP contribution in [0.5, 0.6) is 0 Å². The number of carbonyl (C=O) groups is 2. The van der Waals surface area contributed by atoms with Crippen LogP contribution >= 0.6 is 11.6 Å². The molecule has 1 rings (SSSR count). The molecule has 1 heterocycles. The molecule has 0 aliphatic carbocycles. The normalized spacial score (nSPS) is 11.2. The number of nitrogens with zero attached hydrogens (tertiary/aromatic N) is 1. The third-order valence-corrected chi connectivity index (χ3v) is 2.73. The van der Waals surface area contributed by atoms with E-state index in [-0.39, 0.29) is 17.5 Å². The zero-order chi connectivity index (χ0) is 14.6. The molecule has 0 aliphatic heterocycles. The Morgan fingerprint density at radius 3 is 2.58 bits per heavy atom. The number of halogens is 1. The second-order valence-electron chi connectivity index (χ2n) is 5.00. The van der Waals surface area contributed by atoms with Crippen molar-refractivity contribution in [1.29, 1.82) is 0 Å². The molecule has 1 aromatic rings. The number of amides is 2. The summed E-state index contributed by atoms with van der Waals surface area (Å²) in [6.45, 7) is 5.40. The third kappa shape index (κ3) is 4.87. The van der Waals surface area contributed by atoms with E-state index >= 15 is 0 Å². The first-order valence-electron chi connectivity index (χ1n) is 6.01. The quantitative estimate of drug-likeness (QED) is 0.806. The number of pyridine rings is 1. The van der Waals surface area contributed by atoms with Gasteiger partial charge in [0, 0.05) is 23.2 Å². The highest BCUT2D eigenvalue weighted by atomic mass is 35.5. The van der Waals surface area contributed by atoms with Crippen molar-refractivity contribution in [3.8, 4) is 0 Å². The predicted octanol–water partition coefficient (Wildman–Crippen LogP) is 1.68. The molecule has 2 amide bonds. The van der Waals surface area contributed by atoms with E-state index in [0.29, 0.717) is 12.0 Å². The van der Waals surface area contributed by atoms with E-state index in [1.54, 1.807) is 19.9 Å². The summed E-state index contributed by atoms with van der Waals surface area (Å²) in [4.78, 5) is 27.1. The van der Waals surface area contributed by atoms with Gasteiger partial charge in [-0.05, 0) is 32.4 Å². The molecule has 0 bridgehead atoms. The Morgan fingerprint density at radius 2 is 2.05 bits per heavy atom. The maximum Gasteiger partial charge on any atom is 0.251 e. The number of nitrogens with two attached hydrogens (primary N) is 1. The van der Waals surface area contributed by atoms with Gasteiger partial charge in [-0.25, -0.2) is 4.98 Å². The fraction of sp³-hybridized carbons (Fsp3) is 0.462. The highest BCUT2D eigenvalue weighted by Crippen LogP contribution is 2.14. The smallest absolute Gasteiger partial charge is 0.251 e. The van der Waals surface area contributed by atoms with Crippen molar-refractivity contribution in [2.45, 2.75) is 39.2 Å². The predicted molar refractivity (Wildman–Crippen MR) is 74.0 cm³/mol. The molecule has 5 nitrogen and oxygen atoms in total. The van der Waals surface area contributed by atoms with Crippen molar-refractivity contribution < 1.29 is 9.59 Å².